The number of hydrogen-bond donors (Lipinski definition) is 0. The Balaban J connectivity index is 1.59. The summed E-state index contributed by atoms with van der Waals surface area (Å²) in [6.07, 6.45) is 6.81. The van der Waals surface area contributed by atoms with Crippen molar-refractivity contribution in [1.29, 1.82) is 0 Å². The fourth-order valence-electron chi connectivity index (χ4n) is 3.25. The first-order valence-electron chi connectivity index (χ1n) is 7.82. The molecule has 0 N–H and O–H groups in total. The Hall–Kier alpha value is -0.540. The molecule has 3 rings (SSSR count). The third kappa shape index (κ3) is 3.20. The van der Waals surface area contributed by atoms with Crippen LogP contribution in [0.2, 0.25) is 0 Å². The van der Waals surface area contributed by atoms with Crippen molar-refractivity contribution in [3.05, 3.63) is 29.3 Å². The molecule has 1 unspecified atom stereocenters. The van der Waals surface area contributed by atoms with Crippen molar-refractivity contribution in [3.63, 3.8) is 0 Å². The molecule has 0 amide bonds. The van der Waals surface area contributed by atoms with Gasteiger partial charge in [-0.25, -0.2) is 0 Å². The van der Waals surface area contributed by atoms with Crippen LogP contribution >= 0.6 is 15.9 Å². The number of halogens is 1. The van der Waals surface area contributed by atoms with Crippen LogP contribution in [0.4, 0.5) is 0 Å². The van der Waals surface area contributed by atoms with E-state index in [1.807, 2.05) is 0 Å². The minimum Gasteiger partial charge on any atom is -0.488 e. The SMILES string of the molecule is Cc1ccc2c(c1)CC(CN(CCCBr)C1CCC1)O2. The molecule has 0 spiro atoms. The van der Waals surface area contributed by atoms with Crippen molar-refractivity contribution < 1.29 is 4.74 Å². The second-order valence-corrected chi connectivity index (χ2v) is 6.97. The average Bonchev–Trinajstić information content (AvgIpc) is 2.75. The number of fused-ring (bicyclic) bond motifs is 1. The molecule has 110 valence electrons. The highest BCUT2D eigenvalue weighted by atomic mass is 79.9. The van der Waals surface area contributed by atoms with Crippen LogP contribution < -0.4 is 4.74 Å². The summed E-state index contributed by atoms with van der Waals surface area (Å²) in [6.45, 7) is 4.45. The molecule has 1 saturated carbocycles. The van der Waals surface area contributed by atoms with E-state index in [9.17, 15) is 0 Å². The van der Waals surface area contributed by atoms with Crippen LogP contribution in [0.3, 0.4) is 0 Å². The smallest absolute Gasteiger partial charge is 0.123 e. The van der Waals surface area contributed by atoms with Crippen molar-refractivity contribution in [2.45, 2.75) is 51.2 Å². The molecule has 0 saturated heterocycles. The maximum atomic E-state index is 6.14. The Morgan fingerprint density at radius 3 is 2.90 bits per heavy atom. The van der Waals surface area contributed by atoms with E-state index in [0.717, 1.165) is 30.1 Å². The van der Waals surface area contributed by atoms with E-state index in [4.69, 9.17) is 4.74 Å². The monoisotopic (exact) mass is 337 g/mol. The number of hydrogen-bond acceptors (Lipinski definition) is 2. The first-order chi connectivity index (χ1) is 9.76. The Labute approximate surface area is 130 Å². The molecule has 1 aromatic rings. The van der Waals surface area contributed by atoms with Gasteiger partial charge in [0.15, 0.2) is 0 Å². The number of aryl methyl sites for hydroxylation is 1. The molecule has 1 heterocycles. The second kappa shape index (κ2) is 6.48. The normalized spacial score (nSPS) is 21.6. The summed E-state index contributed by atoms with van der Waals surface area (Å²) < 4.78 is 6.14. The van der Waals surface area contributed by atoms with Gasteiger partial charge in [-0.1, -0.05) is 40.0 Å². The van der Waals surface area contributed by atoms with Gasteiger partial charge in [0.1, 0.15) is 11.9 Å². The Morgan fingerprint density at radius 2 is 2.20 bits per heavy atom. The lowest BCUT2D eigenvalue weighted by Gasteiger charge is -2.38. The summed E-state index contributed by atoms with van der Waals surface area (Å²) in [5, 5.41) is 1.10. The average molecular weight is 338 g/mol. The highest BCUT2D eigenvalue weighted by Crippen LogP contribution is 2.31. The number of nitrogens with zero attached hydrogens (tertiary/aromatic N) is 1. The molecule has 2 nitrogen and oxygen atoms in total. The fraction of sp³-hybridized carbons (Fsp3) is 0.647. The zero-order chi connectivity index (χ0) is 13.9. The lowest BCUT2D eigenvalue weighted by molar-refractivity contribution is 0.0789. The van der Waals surface area contributed by atoms with Gasteiger partial charge in [0.05, 0.1) is 0 Å². The van der Waals surface area contributed by atoms with Crippen LogP contribution in [0, 0.1) is 6.92 Å². The summed E-state index contributed by atoms with van der Waals surface area (Å²) in [5.41, 5.74) is 2.73. The molecular formula is C17H24BrNO. The van der Waals surface area contributed by atoms with E-state index in [2.05, 4.69) is 46.0 Å². The zero-order valence-electron chi connectivity index (χ0n) is 12.3. The maximum absolute atomic E-state index is 6.14. The minimum absolute atomic E-state index is 0.350. The van der Waals surface area contributed by atoms with Crippen molar-refractivity contribution in [2.24, 2.45) is 0 Å². The third-order valence-electron chi connectivity index (χ3n) is 4.57. The molecule has 20 heavy (non-hydrogen) atoms. The van der Waals surface area contributed by atoms with Crippen LogP contribution in [-0.2, 0) is 6.42 Å². The summed E-state index contributed by atoms with van der Waals surface area (Å²) in [6, 6.07) is 7.37. The molecule has 1 aromatic carbocycles. The molecule has 0 bridgehead atoms. The van der Waals surface area contributed by atoms with Gasteiger partial charge in [0.25, 0.3) is 0 Å². The van der Waals surface area contributed by atoms with E-state index in [-0.39, 0.29) is 0 Å². The quantitative estimate of drug-likeness (QED) is 0.729. The number of ether oxygens (including phenoxy) is 1. The van der Waals surface area contributed by atoms with E-state index >= 15 is 0 Å². The summed E-state index contributed by atoms with van der Waals surface area (Å²) in [4.78, 5) is 2.66. The molecule has 2 aliphatic rings. The Kier molecular flexibility index (Phi) is 4.67. The Morgan fingerprint density at radius 1 is 1.35 bits per heavy atom. The van der Waals surface area contributed by atoms with Crippen molar-refractivity contribution in [3.8, 4) is 5.75 Å². The van der Waals surface area contributed by atoms with Crippen molar-refractivity contribution in [1.82, 2.24) is 4.90 Å². The molecular weight excluding hydrogens is 314 g/mol. The summed E-state index contributed by atoms with van der Waals surface area (Å²) in [5.74, 6) is 1.11. The van der Waals surface area contributed by atoms with Gasteiger partial charge in [-0.3, -0.25) is 4.90 Å². The van der Waals surface area contributed by atoms with Crippen LogP contribution in [-0.4, -0.2) is 35.5 Å². The number of rotatable bonds is 6. The lowest BCUT2D eigenvalue weighted by atomic mass is 9.91. The lowest BCUT2D eigenvalue weighted by Crippen LogP contribution is -2.45. The van der Waals surface area contributed by atoms with Gasteiger partial charge in [-0.05, 0) is 44.4 Å². The van der Waals surface area contributed by atoms with E-state index in [1.165, 1.54) is 43.4 Å². The van der Waals surface area contributed by atoms with Crippen LogP contribution in [0.15, 0.2) is 18.2 Å². The first-order valence-corrected chi connectivity index (χ1v) is 8.94. The molecule has 0 aromatic heterocycles. The van der Waals surface area contributed by atoms with Gasteiger partial charge in [-0.2, -0.15) is 0 Å². The molecule has 1 fully saturated rings. The van der Waals surface area contributed by atoms with E-state index < -0.39 is 0 Å². The van der Waals surface area contributed by atoms with Crippen LogP contribution in [0.1, 0.15) is 36.8 Å². The van der Waals surface area contributed by atoms with Gasteiger partial charge < -0.3 is 4.74 Å². The van der Waals surface area contributed by atoms with E-state index in [1.54, 1.807) is 0 Å². The highest BCUT2D eigenvalue weighted by molar-refractivity contribution is 9.09. The van der Waals surface area contributed by atoms with Gasteiger partial charge in [0, 0.05) is 24.3 Å². The third-order valence-corrected chi connectivity index (χ3v) is 5.13. The fourth-order valence-corrected chi connectivity index (χ4v) is 3.50. The van der Waals surface area contributed by atoms with Crippen LogP contribution in [0.25, 0.3) is 0 Å². The topological polar surface area (TPSA) is 12.5 Å². The molecule has 1 aliphatic carbocycles. The summed E-state index contributed by atoms with van der Waals surface area (Å²) in [7, 11) is 0. The molecule has 0 radical (unpaired) electrons. The highest BCUT2D eigenvalue weighted by Gasteiger charge is 2.30. The molecule has 1 aliphatic heterocycles. The zero-order valence-corrected chi connectivity index (χ0v) is 13.9. The first kappa shape index (κ1) is 14.4. The number of alkyl halides is 1. The number of benzene rings is 1. The standard InChI is InChI=1S/C17H24BrNO/c1-13-6-7-17-14(10-13)11-16(20-17)12-19(9-3-8-18)15-4-2-5-15/h6-7,10,15-16H,2-5,8-9,11-12H2,1H3. The van der Waals surface area contributed by atoms with Gasteiger partial charge in [0.2, 0.25) is 0 Å². The summed E-state index contributed by atoms with van der Waals surface area (Å²) >= 11 is 3.55. The van der Waals surface area contributed by atoms with Gasteiger partial charge >= 0.3 is 0 Å². The predicted molar refractivity (Wildman–Crippen MR) is 86.9 cm³/mol. The van der Waals surface area contributed by atoms with E-state index in [0.29, 0.717) is 6.10 Å². The Bertz CT molecular complexity index is 458. The van der Waals surface area contributed by atoms with Crippen molar-refractivity contribution >= 4 is 15.9 Å². The largest absolute Gasteiger partial charge is 0.488 e. The maximum Gasteiger partial charge on any atom is 0.123 e. The molecule has 3 heteroatoms. The molecule has 1 atom stereocenters. The van der Waals surface area contributed by atoms with Crippen LogP contribution in [0.5, 0.6) is 5.75 Å². The van der Waals surface area contributed by atoms with Crippen molar-refractivity contribution in [2.75, 3.05) is 18.4 Å². The second-order valence-electron chi connectivity index (χ2n) is 6.18. The minimum atomic E-state index is 0.350. The predicted octanol–water partition coefficient (Wildman–Crippen LogP) is 3.94. The van der Waals surface area contributed by atoms with Gasteiger partial charge in [-0.15, -0.1) is 0 Å².